The molecule has 4 nitrogen and oxygen atoms in total. The van der Waals surface area contributed by atoms with Crippen molar-refractivity contribution in [3.05, 3.63) is 29.3 Å². The molecule has 0 saturated heterocycles. The van der Waals surface area contributed by atoms with Gasteiger partial charge in [0, 0.05) is 12.8 Å². The summed E-state index contributed by atoms with van der Waals surface area (Å²) in [5.74, 6) is -4.25. The van der Waals surface area contributed by atoms with Gasteiger partial charge in [0.1, 0.15) is 0 Å². The largest absolute Gasteiger partial charge is 0.481 e. The lowest BCUT2D eigenvalue weighted by molar-refractivity contribution is -0.139. The molecule has 7 heteroatoms. The zero-order valence-electron chi connectivity index (χ0n) is 15.7. The fourth-order valence-electron chi connectivity index (χ4n) is 4.36. The van der Waals surface area contributed by atoms with Crippen molar-refractivity contribution < 1.29 is 27.1 Å². The van der Waals surface area contributed by atoms with Crippen molar-refractivity contribution in [3.63, 3.8) is 0 Å². The van der Waals surface area contributed by atoms with E-state index < -0.39 is 27.6 Å². The lowest BCUT2D eigenvalue weighted by atomic mass is 9.79. The van der Waals surface area contributed by atoms with Crippen LogP contribution in [-0.2, 0) is 14.6 Å². The van der Waals surface area contributed by atoms with Gasteiger partial charge < -0.3 is 5.11 Å². The summed E-state index contributed by atoms with van der Waals surface area (Å²) in [4.78, 5) is 12.3. The van der Waals surface area contributed by atoms with Gasteiger partial charge in [0.25, 0.3) is 0 Å². The third-order valence-corrected chi connectivity index (χ3v) is 8.76. The molecule has 0 unspecified atom stereocenters. The number of benzene rings is 1. The number of carbonyl (C=O) groups is 1. The summed E-state index contributed by atoms with van der Waals surface area (Å²) in [6, 6.07) is 4.97. The summed E-state index contributed by atoms with van der Waals surface area (Å²) in [7, 11) is -3.34. The summed E-state index contributed by atoms with van der Waals surface area (Å²) in [6.07, 6.45) is 3.85. The molecule has 28 heavy (non-hydrogen) atoms. The Bertz CT molecular complexity index is 862. The van der Waals surface area contributed by atoms with E-state index in [0.717, 1.165) is 18.4 Å². The van der Waals surface area contributed by atoms with E-state index in [4.69, 9.17) is 0 Å². The minimum atomic E-state index is -3.34. The number of hydrogen-bond donors (Lipinski definition) is 1. The van der Waals surface area contributed by atoms with E-state index in [-0.39, 0.29) is 29.9 Å². The van der Waals surface area contributed by atoms with Gasteiger partial charge in [-0.3, -0.25) is 4.79 Å². The van der Waals surface area contributed by atoms with Crippen LogP contribution in [0.5, 0.6) is 0 Å². The number of hydrogen-bond acceptors (Lipinski definition) is 3. The van der Waals surface area contributed by atoms with Gasteiger partial charge in [0.15, 0.2) is 9.84 Å². The van der Waals surface area contributed by atoms with Gasteiger partial charge in [0.2, 0.25) is 5.92 Å². The van der Waals surface area contributed by atoms with E-state index in [1.54, 1.807) is 18.2 Å². The van der Waals surface area contributed by atoms with Crippen LogP contribution in [0.4, 0.5) is 8.78 Å². The van der Waals surface area contributed by atoms with E-state index in [0.29, 0.717) is 42.6 Å². The highest BCUT2D eigenvalue weighted by Gasteiger charge is 2.41. The molecule has 1 aromatic rings. The van der Waals surface area contributed by atoms with Crippen LogP contribution in [0.2, 0.25) is 0 Å². The van der Waals surface area contributed by atoms with Crippen LogP contribution in [0.1, 0.15) is 80.8 Å². The number of rotatable bonds is 7. The predicted octanol–water partition coefficient (Wildman–Crippen LogP) is 4.88. The first kappa shape index (κ1) is 19.8. The maximum Gasteiger partial charge on any atom is 0.310 e. The van der Waals surface area contributed by atoms with Crippen molar-refractivity contribution in [3.8, 4) is 0 Å². The Morgan fingerprint density at radius 2 is 1.75 bits per heavy atom. The molecule has 154 valence electrons. The molecule has 3 aliphatic rings. The van der Waals surface area contributed by atoms with Gasteiger partial charge in [-0.1, -0.05) is 12.1 Å². The number of carboxylic acid groups (broad SMARTS) is 1. The molecule has 0 bridgehead atoms. The number of alkyl halides is 2. The third-order valence-electron chi connectivity index (χ3n) is 6.43. The second-order valence-corrected chi connectivity index (χ2v) is 10.9. The normalized spacial score (nSPS) is 24.1. The topological polar surface area (TPSA) is 71.4 Å². The SMILES string of the molecule is O=C(O)[C@H](CC1CCC(F)(F)CC1)c1ccc(S(=O)(=O)C2CC2)c(C2CC2)c1. The minimum Gasteiger partial charge on any atom is -0.481 e. The molecule has 0 radical (unpaired) electrons. The van der Waals surface area contributed by atoms with Crippen molar-refractivity contribution in [1.29, 1.82) is 0 Å². The maximum atomic E-state index is 13.4. The molecule has 1 atom stereocenters. The van der Waals surface area contributed by atoms with Crippen LogP contribution >= 0.6 is 0 Å². The van der Waals surface area contributed by atoms with Gasteiger partial charge in [0.05, 0.1) is 16.1 Å². The fraction of sp³-hybridized carbons (Fsp3) is 0.667. The molecule has 4 rings (SSSR count). The van der Waals surface area contributed by atoms with Crippen LogP contribution in [0.15, 0.2) is 23.1 Å². The minimum absolute atomic E-state index is 0.0417. The first-order valence-corrected chi connectivity index (χ1v) is 11.7. The number of halogens is 2. The average Bonchev–Trinajstić information content (AvgIpc) is 3.52. The summed E-state index contributed by atoms with van der Waals surface area (Å²) in [5.41, 5.74) is 1.35. The Morgan fingerprint density at radius 1 is 1.11 bits per heavy atom. The van der Waals surface area contributed by atoms with Crippen molar-refractivity contribution in [2.75, 3.05) is 0 Å². The molecular formula is C21H26F2O4S. The Morgan fingerprint density at radius 3 is 2.29 bits per heavy atom. The predicted molar refractivity (Wildman–Crippen MR) is 101 cm³/mol. The van der Waals surface area contributed by atoms with Crippen molar-refractivity contribution in [2.45, 2.75) is 85.7 Å². The van der Waals surface area contributed by atoms with E-state index in [1.165, 1.54) is 0 Å². The number of aliphatic carboxylic acids is 1. The maximum absolute atomic E-state index is 13.4. The van der Waals surface area contributed by atoms with Crippen LogP contribution < -0.4 is 0 Å². The van der Waals surface area contributed by atoms with Crippen LogP contribution in [0, 0.1) is 5.92 Å². The van der Waals surface area contributed by atoms with Crippen molar-refractivity contribution in [1.82, 2.24) is 0 Å². The van der Waals surface area contributed by atoms with Crippen molar-refractivity contribution >= 4 is 15.8 Å². The Balaban J connectivity index is 1.59. The molecule has 0 amide bonds. The second kappa shape index (κ2) is 7.08. The summed E-state index contributed by atoms with van der Waals surface area (Å²) in [5, 5.41) is 9.47. The summed E-state index contributed by atoms with van der Waals surface area (Å²) < 4.78 is 52.3. The monoisotopic (exact) mass is 412 g/mol. The van der Waals surface area contributed by atoms with Crippen LogP contribution in [0.3, 0.4) is 0 Å². The molecular weight excluding hydrogens is 386 g/mol. The molecule has 3 aliphatic carbocycles. The van der Waals surface area contributed by atoms with Crippen LogP contribution in [0.25, 0.3) is 0 Å². The quantitative estimate of drug-likeness (QED) is 0.693. The zero-order valence-corrected chi connectivity index (χ0v) is 16.6. The fourth-order valence-corrected chi connectivity index (χ4v) is 6.29. The summed E-state index contributed by atoms with van der Waals surface area (Å²) >= 11 is 0. The zero-order chi connectivity index (χ0) is 20.1. The highest BCUT2D eigenvalue weighted by molar-refractivity contribution is 7.92. The molecule has 1 aromatic carbocycles. The third kappa shape index (κ3) is 4.09. The van der Waals surface area contributed by atoms with Gasteiger partial charge in [-0.05, 0) is 74.0 Å². The van der Waals surface area contributed by atoms with Gasteiger partial charge in [-0.25, -0.2) is 17.2 Å². The second-order valence-electron chi connectivity index (χ2n) is 8.74. The Kier molecular flexibility index (Phi) is 5.01. The van der Waals surface area contributed by atoms with E-state index >= 15 is 0 Å². The highest BCUT2D eigenvalue weighted by Crippen LogP contribution is 2.47. The lowest BCUT2D eigenvalue weighted by Gasteiger charge is -2.30. The van der Waals surface area contributed by atoms with E-state index in [9.17, 15) is 27.1 Å². The van der Waals surface area contributed by atoms with Gasteiger partial charge in [-0.2, -0.15) is 0 Å². The standard InChI is InChI=1S/C21H26F2O4S/c22-21(23)9-7-13(8-10-21)11-18(20(24)25)15-3-6-19(17(12-15)14-1-2-14)28(26,27)16-4-5-16/h3,6,12-14,16,18H,1-2,4-5,7-11H2,(H,24,25)/t18-/m1/s1. The van der Waals surface area contributed by atoms with Crippen molar-refractivity contribution in [2.24, 2.45) is 5.92 Å². The molecule has 0 spiro atoms. The van der Waals surface area contributed by atoms with E-state index in [1.807, 2.05) is 0 Å². The lowest BCUT2D eigenvalue weighted by Crippen LogP contribution is -2.26. The number of sulfone groups is 1. The number of carboxylic acids is 1. The average molecular weight is 412 g/mol. The molecule has 1 N–H and O–H groups in total. The highest BCUT2D eigenvalue weighted by atomic mass is 32.2. The molecule has 3 fully saturated rings. The molecule has 0 aromatic heterocycles. The summed E-state index contributed by atoms with van der Waals surface area (Å²) in [6.45, 7) is 0. The Labute approximate surface area is 164 Å². The van der Waals surface area contributed by atoms with Gasteiger partial charge >= 0.3 is 5.97 Å². The van der Waals surface area contributed by atoms with Gasteiger partial charge in [-0.15, -0.1) is 0 Å². The first-order chi connectivity index (χ1) is 13.2. The van der Waals surface area contributed by atoms with E-state index in [2.05, 4.69) is 0 Å². The smallest absolute Gasteiger partial charge is 0.310 e. The molecule has 3 saturated carbocycles. The first-order valence-electron chi connectivity index (χ1n) is 10.2. The molecule has 0 aliphatic heterocycles. The molecule has 0 heterocycles. The Hall–Kier alpha value is -1.50. The van der Waals surface area contributed by atoms with Crippen LogP contribution in [-0.4, -0.2) is 30.7 Å².